The summed E-state index contributed by atoms with van der Waals surface area (Å²) in [6.45, 7) is 7.39. The van der Waals surface area contributed by atoms with Gasteiger partial charge in [-0.3, -0.25) is 4.98 Å². The number of hydrogen-bond acceptors (Lipinski definition) is 3. The number of hydrogen-bond donors (Lipinski definition) is 0. The van der Waals surface area contributed by atoms with Crippen molar-refractivity contribution >= 4 is 22.1 Å². The van der Waals surface area contributed by atoms with E-state index in [1.54, 1.807) is 12.1 Å². The molecule has 27 heavy (non-hydrogen) atoms. The summed E-state index contributed by atoms with van der Waals surface area (Å²) in [5, 5.41) is 1.96. The van der Waals surface area contributed by atoms with E-state index in [4.69, 9.17) is 14.9 Å². The molecular weight excluding hydrogens is 332 g/mol. The first-order valence-corrected chi connectivity index (χ1v) is 9.11. The van der Waals surface area contributed by atoms with E-state index in [0.717, 1.165) is 27.6 Å². The van der Waals surface area contributed by atoms with Crippen molar-refractivity contribution in [1.82, 2.24) is 9.97 Å². The van der Waals surface area contributed by atoms with Crippen LogP contribution >= 0.6 is 0 Å². The van der Waals surface area contributed by atoms with E-state index < -0.39 is 12.7 Å². The standard InChI is InChI=1S/C24H26N2O/c1-14(2)16-10-11-19(25-13-16)17-8-7-9-18-21-15(3)12-20(24(4,5)6)26-23(21)27-22(17)18/h7-14H,1-6H3/i1D3,14D. The molecule has 1 aromatic carbocycles. The predicted molar refractivity (Wildman–Crippen MR) is 112 cm³/mol. The second kappa shape index (κ2) is 6.19. The largest absolute Gasteiger partial charge is 0.437 e. The van der Waals surface area contributed by atoms with Crippen LogP contribution in [0, 0.1) is 6.92 Å². The van der Waals surface area contributed by atoms with Gasteiger partial charge in [0.1, 0.15) is 5.58 Å². The predicted octanol–water partition coefficient (Wildman–Crippen LogP) is 6.77. The summed E-state index contributed by atoms with van der Waals surface area (Å²) in [5.41, 5.74) is 5.10. The number of pyridine rings is 2. The van der Waals surface area contributed by atoms with Crippen molar-refractivity contribution in [1.29, 1.82) is 0 Å². The minimum Gasteiger partial charge on any atom is -0.437 e. The molecular formula is C24H26N2O. The molecule has 4 rings (SSSR count). The molecule has 138 valence electrons. The minimum absolute atomic E-state index is 0.0934. The lowest BCUT2D eigenvalue weighted by Gasteiger charge is -2.17. The van der Waals surface area contributed by atoms with Crippen LogP contribution in [0.2, 0.25) is 0 Å². The number of aryl methyl sites for hydroxylation is 1. The Balaban J connectivity index is 1.87. The molecule has 1 unspecified atom stereocenters. The number of benzene rings is 1. The van der Waals surface area contributed by atoms with Crippen molar-refractivity contribution in [3.8, 4) is 11.3 Å². The second-order valence-corrected chi connectivity index (χ2v) is 8.10. The maximum Gasteiger partial charge on any atom is 0.227 e. The molecule has 0 aliphatic carbocycles. The third-order valence-corrected chi connectivity index (χ3v) is 4.91. The van der Waals surface area contributed by atoms with Gasteiger partial charge in [-0.15, -0.1) is 0 Å². The third kappa shape index (κ3) is 3.01. The molecule has 1 atom stereocenters. The van der Waals surface area contributed by atoms with Gasteiger partial charge in [-0.1, -0.05) is 52.7 Å². The van der Waals surface area contributed by atoms with E-state index >= 15 is 0 Å². The van der Waals surface area contributed by atoms with Crippen LogP contribution < -0.4 is 0 Å². The number of rotatable bonds is 2. The molecule has 0 saturated heterocycles. The lowest BCUT2D eigenvalue weighted by Crippen LogP contribution is -2.13. The fraction of sp³-hybridized carbons (Fsp3) is 0.333. The number of aromatic nitrogens is 2. The number of nitrogens with zero attached hydrogens (tertiary/aromatic N) is 2. The molecule has 3 nitrogen and oxygen atoms in total. The number of fused-ring (bicyclic) bond motifs is 3. The molecule has 3 heteroatoms. The summed E-state index contributed by atoms with van der Waals surface area (Å²) in [6, 6.07) is 11.4. The highest BCUT2D eigenvalue weighted by Gasteiger charge is 2.21. The van der Waals surface area contributed by atoms with E-state index in [1.807, 2.05) is 18.2 Å². The highest BCUT2D eigenvalue weighted by atomic mass is 16.3. The second-order valence-electron chi connectivity index (χ2n) is 8.10. The molecule has 0 N–H and O–H groups in total. The Morgan fingerprint density at radius 3 is 2.67 bits per heavy atom. The normalized spacial score (nSPS) is 17.2. The van der Waals surface area contributed by atoms with Gasteiger partial charge in [-0.25, -0.2) is 4.98 Å². The Labute approximate surface area is 166 Å². The molecule has 0 saturated carbocycles. The van der Waals surface area contributed by atoms with Crippen LogP contribution in [0.5, 0.6) is 0 Å². The Bertz CT molecular complexity index is 1280. The molecule has 3 aromatic heterocycles. The van der Waals surface area contributed by atoms with E-state index in [9.17, 15) is 0 Å². The Morgan fingerprint density at radius 2 is 2.00 bits per heavy atom. The van der Waals surface area contributed by atoms with E-state index in [2.05, 4.69) is 38.7 Å². The molecule has 0 fully saturated rings. The SMILES string of the molecule is [2H]C([2H])([2H])C([2H])(C)c1ccc(-c2cccc3c2oc2nc(C(C)(C)C)cc(C)c23)nc1. The van der Waals surface area contributed by atoms with Crippen LogP contribution in [-0.4, -0.2) is 9.97 Å². The maximum absolute atomic E-state index is 8.26. The maximum atomic E-state index is 8.26. The first-order chi connectivity index (χ1) is 14.3. The molecule has 4 aromatic rings. The average Bonchev–Trinajstić information content (AvgIpc) is 3.05. The van der Waals surface area contributed by atoms with E-state index in [0.29, 0.717) is 22.6 Å². The van der Waals surface area contributed by atoms with Crippen LogP contribution in [0.1, 0.15) is 62.7 Å². The fourth-order valence-corrected chi connectivity index (χ4v) is 3.35. The molecule has 3 heterocycles. The van der Waals surface area contributed by atoms with Gasteiger partial charge in [0.05, 0.1) is 16.8 Å². The van der Waals surface area contributed by atoms with Gasteiger partial charge in [0, 0.05) is 28.0 Å². The lowest BCUT2D eigenvalue weighted by atomic mass is 9.90. The average molecular weight is 363 g/mol. The smallest absolute Gasteiger partial charge is 0.227 e. The topological polar surface area (TPSA) is 38.9 Å². The molecule has 0 radical (unpaired) electrons. The van der Waals surface area contributed by atoms with Crippen molar-refractivity contribution in [2.45, 2.75) is 52.8 Å². The van der Waals surface area contributed by atoms with Crippen molar-refractivity contribution < 1.29 is 9.90 Å². The third-order valence-electron chi connectivity index (χ3n) is 4.91. The highest BCUT2D eigenvalue weighted by Crippen LogP contribution is 2.37. The van der Waals surface area contributed by atoms with Crippen molar-refractivity contribution in [2.24, 2.45) is 0 Å². The summed E-state index contributed by atoms with van der Waals surface area (Å²) >= 11 is 0. The van der Waals surface area contributed by atoms with Gasteiger partial charge in [-0.2, -0.15) is 0 Å². The Morgan fingerprint density at radius 1 is 1.19 bits per heavy atom. The molecule has 0 bridgehead atoms. The van der Waals surface area contributed by atoms with Crippen LogP contribution in [0.15, 0.2) is 47.0 Å². The highest BCUT2D eigenvalue weighted by molar-refractivity contribution is 6.09. The van der Waals surface area contributed by atoms with Gasteiger partial charge < -0.3 is 4.42 Å². The van der Waals surface area contributed by atoms with Gasteiger partial charge in [-0.05, 0) is 42.1 Å². The summed E-state index contributed by atoms with van der Waals surface area (Å²) < 4.78 is 37.4. The van der Waals surface area contributed by atoms with Crippen LogP contribution in [0.25, 0.3) is 33.3 Å². The first-order valence-electron chi connectivity index (χ1n) is 11.1. The monoisotopic (exact) mass is 362 g/mol. The van der Waals surface area contributed by atoms with Crippen LogP contribution in [-0.2, 0) is 5.41 Å². The van der Waals surface area contributed by atoms with Gasteiger partial charge in [0.15, 0.2) is 0 Å². The summed E-state index contributed by atoms with van der Waals surface area (Å²) in [4.78, 5) is 9.26. The van der Waals surface area contributed by atoms with E-state index in [-0.39, 0.29) is 5.41 Å². The molecule has 0 amide bonds. The van der Waals surface area contributed by atoms with Gasteiger partial charge in [0.2, 0.25) is 5.71 Å². The molecule has 0 aliphatic rings. The fourth-order valence-electron chi connectivity index (χ4n) is 3.35. The number of para-hydroxylation sites is 1. The molecule has 0 aliphatic heterocycles. The zero-order chi connectivity index (χ0) is 22.8. The van der Waals surface area contributed by atoms with Gasteiger partial charge >= 0.3 is 0 Å². The van der Waals surface area contributed by atoms with E-state index in [1.165, 1.54) is 13.1 Å². The summed E-state index contributed by atoms with van der Waals surface area (Å²) in [7, 11) is 0. The quantitative estimate of drug-likeness (QED) is 0.395. The van der Waals surface area contributed by atoms with Crippen LogP contribution in [0.4, 0.5) is 0 Å². The Kier molecular flexibility index (Phi) is 3.09. The number of furan rings is 1. The van der Waals surface area contributed by atoms with Crippen molar-refractivity contribution in [3.05, 3.63) is 59.4 Å². The van der Waals surface area contributed by atoms with Crippen molar-refractivity contribution in [3.63, 3.8) is 0 Å². The Hall–Kier alpha value is -2.68. The first kappa shape index (κ1) is 13.5. The zero-order valence-electron chi connectivity index (χ0n) is 20.3. The molecule has 0 spiro atoms. The summed E-state index contributed by atoms with van der Waals surface area (Å²) in [6.07, 6.45) is 1.47. The lowest BCUT2D eigenvalue weighted by molar-refractivity contribution is 0.561. The minimum atomic E-state index is -2.44. The zero-order valence-corrected chi connectivity index (χ0v) is 16.3. The van der Waals surface area contributed by atoms with Crippen LogP contribution in [0.3, 0.4) is 0 Å². The van der Waals surface area contributed by atoms with Crippen molar-refractivity contribution in [2.75, 3.05) is 0 Å². The van der Waals surface area contributed by atoms with Gasteiger partial charge in [0.25, 0.3) is 0 Å². The summed E-state index contributed by atoms with van der Waals surface area (Å²) in [5.74, 6) is -1.73.